The van der Waals surface area contributed by atoms with E-state index in [2.05, 4.69) is 10.4 Å². The van der Waals surface area contributed by atoms with Crippen molar-refractivity contribution in [1.29, 1.82) is 0 Å². The van der Waals surface area contributed by atoms with Crippen LogP contribution in [0.3, 0.4) is 0 Å². The van der Waals surface area contributed by atoms with E-state index >= 15 is 0 Å². The predicted molar refractivity (Wildman–Crippen MR) is 67.4 cm³/mol. The summed E-state index contributed by atoms with van der Waals surface area (Å²) in [6.07, 6.45) is 0. The molecule has 2 aromatic heterocycles. The number of tetrazole rings is 1. The summed E-state index contributed by atoms with van der Waals surface area (Å²) < 4.78 is 3.24. The summed E-state index contributed by atoms with van der Waals surface area (Å²) in [6, 6.07) is 11.8. The van der Waals surface area contributed by atoms with Crippen LogP contribution in [0.4, 0.5) is 0 Å². The highest BCUT2D eigenvalue weighted by Gasteiger charge is 2.18. The molecule has 3 rings (SSSR count). The van der Waals surface area contributed by atoms with Crippen molar-refractivity contribution >= 4 is 11.4 Å². The number of ketones is 1. The number of hydrogen-bond donors (Lipinski definition) is 0. The van der Waals surface area contributed by atoms with Crippen molar-refractivity contribution in [3.63, 3.8) is 0 Å². The molecule has 0 spiro atoms. The van der Waals surface area contributed by atoms with Crippen LogP contribution in [0.2, 0.25) is 0 Å². The molecule has 0 unspecified atom stereocenters. The Morgan fingerprint density at radius 3 is 2.56 bits per heavy atom. The molecule has 0 saturated carbocycles. The van der Waals surface area contributed by atoms with E-state index in [4.69, 9.17) is 0 Å². The van der Waals surface area contributed by atoms with Crippen LogP contribution in [-0.2, 0) is 7.05 Å². The van der Waals surface area contributed by atoms with Crippen LogP contribution in [0.5, 0.6) is 0 Å². The van der Waals surface area contributed by atoms with Gasteiger partial charge in [0.25, 0.3) is 0 Å². The number of aryl methyl sites for hydroxylation is 1. The first-order valence-corrected chi connectivity index (χ1v) is 5.66. The van der Waals surface area contributed by atoms with Gasteiger partial charge in [-0.3, -0.25) is 4.79 Å². The highest BCUT2D eigenvalue weighted by Crippen LogP contribution is 2.27. The van der Waals surface area contributed by atoms with Gasteiger partial charge in [-0.05, 0) is 22.1 Å². The summed E-state index contributed by atoms with van der Waals surface area (Å²) in [5.41, 5.74) is 3.28. The molecule has 0 bridgehead atoms. The molecule has 0 saturated heterocycles. The number of hydrogen-bond acceptors (Lipinski definition) is 3. The van der Waals surface area contributed by atoms with Gasteiger partial charge in [-0.2, -0.15) is 4.52 Å². The van der Waals surface area contributed by atoms with Gasteiger partial charge >= 0.3 is 0 Å². The quantitative estimate of drug-likeness (QED) is 0.643. The van der Waals surface area contributed by atoms with Gasteiger partial charge in [-0.25, -0.2) is 4.68 Å². The number of fused-ring (bicyclic) bond motifs is 1. The van der Waals surface area contributed by atoms with Gasteiger partial charge < -0.3 is 0 Å². The van der Waals surface area contributed by atoms with Gasteiger partial charge in [0.1, 0.15) is 5.69 Å². The molecular formula is C13H12N4O. The van der Waals surface area contributed by atoms with Crippen LogP contribution in [0.25, 0.3) is 16.8 Å². The molecule has 0 aliphatic heterocycles. The standard InChI is InChI=1S/C13H12N4O/c1-9(18)13-11(10-6-4-3-5-7-10)8-12-16(2)14-15-17(12)13/h3-8H,1-2H3. The van der Waals surface area contributed by atoms with Gasteiger partial charge in [0.15, 0.2) is 11.4 Å². The van der Waals surface area contributed by atoms with Gasteiger partial charge in [0.05, 0.1) is 0 Å². The molecule has 5 nitrogen and oxygen atoms in total. The van der Waals surface area contributed by atoms with Crippen molar-refractivity contribution in [1.82, 2.24) is 19.6 Å². The lowest BCUT2D eigenvalue weighted by Crippen LogP contribution is -2.01. The molecule has 1 aromatic carbocycles. The van der Waals surface area contributed by atoms with Crippen molar-refractivity contribution < 1.29 is 4.79 Å². The summed E-state index contributed by atoms with van der Waals surface area (Å²) in [7, 11) is 1.81. The molecule has 0 atom stereocenters. The lowest BCUT2D eigenvalue weighted by Gasteiger charge is -2.00. The maximum absolute atomic E-state index is 11.8. The van der Waals surface area contributed by atoms with Gasteiger partial charge in [-0.15, -0.1) is 0 Å². The average Bonchev–Trinajstić information content (AvgIpc) is 2.91. The molecular weight excluding hydrogens is 228 g/mol. The Kier molecular flexibility index (Phi) is 2.26. The number of carbonyl (C=O) groups excluding carboxylic acids is 1. The Balaban J connectivity index is 2.35. The second-order valence-electron chi connectivity index (χ2n) is 4.20. The lowest BCUT2D eigenvalue weighted by molar-refractivity contribution is 0.101. The van der Waals surface area contributed by atoms with E-state index in [0.29, 0.717) is 5.69 Å². The first-order chi connectivity index (χ1) is 8.68. The number of Topliss-reactive ketones (excluding diaryl/α,β-unsaturated/α-hetero) is 1. The molecule has 0 N–H and O–H groups in total. The summed E-state index contributed by atoms with van der Waals surface area (Å²) >= 11 is 0. The Bertz CT molecular complexity index is 724. The van der Waals surface area contributed by atoms with Crippen LogP contribution in [0, 0.1) is 0 Å². The van der Waals surface area contributed by atoms with Crippen molar-refractivity contribution in [2.45, 2.75) is 6.92 Å². The normalized spacial score (nSPS) is 11.0. The third-order valence-electron chi connectivity index (χ3n) is 2.97. The van der Waals surface area contributed by atoms with E-state index in [-0.39, 0.29) is 5.78 Å². The van der Waals surface area contributed by atoms with Crippen molar-refractivity contribution in [2.75, 3.05) is 0 Å². The minimum absolute atomic E-state index is 0.0191. The van der Waals surface area contributed by atoms with Crippen LogP contribution in [0.15, 0.2) is 36.4 Å². The zero-order valence-electron chi connectivity index (χ0n) is 10.2. The van der Waals surface area contributed by atoms with Crippen molar-refractivity contribution in [2.24, 2.45) is 7.05 Å². The molecule has 0 aliphatic carbocycles. The average molecular weight is 240 g/mol. The maximum Gasteiger partial charge on any atom is 0.178 e. The molecule has 2 heterocycles. The fraction of sp³-hybridized carbons (Fsp3) is 0.154. The fourth-order valence-electron chi connectivity index (χ4n) is 2.13. The van der Waals surface area contributed by atoms with Crippen molar-refractivity contribution in [3.05, 3.63) is 42.1 Å². The predicted octanol–water partition coefficient (Wildman–Crippen LogP) is 1.94. The van der Waals surface area contributed by atoms with E-state index in [0.717, 1.165) is 16.8 Å². The number of benzene rings is 1. The molecule has 0 aliphatic rings. The van der Waals surface area contributed by atoms with E-state index in [1.165, 1.54) is 0 Å². The topological polar surface area (TPSA) is 52.2 Å². The van der Waals surface area contributed by atoms with E-state index < -0.39 is 0 Å². The van der Waals surface area contributed by atoms with Gasteiger partial charge in [0.2, 0.25) is 0 Å². The zero-order valence-corrected chi connectivity index (χ0v) is 10.2. The molecule has 5 heteroatoms. The van der Waals surface area contributed by atoms with Crippen LogP contribution < -0.4 is 0 Å². The van der Waals surface area contributed by atoms with Crippen LogP contribution >= 0.6 is 0 Å². The van der Waals surface area contributed by atoms with E-state index in [1.807, 2.05) is 36.4 Å². The van der Waals surface area contributed by atoms with E-state index in [1.54, 1.807) is 23.2 Å². The Labute approximate surface area is 104 Å². The highest BCUT2D eigenvalue weighted by atomic mass is 16.1. The Morgan fingerprint density at radius 1 is 1.17 bits per heavy atom. The molecule has 0 fully saturated rings. The highest BCUT2D eigenvalue weighted by molar-refractivity contribution is 6.00. The smallest absolute Gasteiger partial charge is 0.178 e. The molecule has 90 valence electrons. The molecule has 18 heavy (non-hydrogen) atoms. The minimum atomic E-state index is -0.0191. The first kappa shape index (κ1) is 10.7. The molecule has 0 amide bonds. The lowest BCUT2D eigenvalue weighted by atomic mass is 10.0. The zero-order chi connectivity index (χ0) is 12.7. The number of carbonyl (C=O) groups is 1. The summed E-state index contributed by atoms with van der Waals surface area (Å²) in [4.78, 5) is 11.8. The first-order valence-electron chi connectivity index (χ1n) is 5.66. The second kappa shape index (κ2) is 3.80. The third-order valence-corrected chi connectivity index (χ3v) is 2.97. The maximum atomic E-state index is 11.8. The number of rotatable bonds is 2. The number of aromatic nitrogens is 4. The van der Waals surface area contributed by atoms with Gasteiger partial charge in [-0.1, -0.05) is 30.3 Å². The minimum Gasteiger partial charge on any atom is -0.293 e. The molecule has 0 radical (unpaired) electrons. The summed E-state index contributed by atoms with van der Waals surface area (Å²) in [5, 5.41) is 7.91. The SMILES string of the molecule is CC(=O)c1c(-c2ccccc2)cc2n(C)nnn12. The monoisotopic (exact) mass is 240 g/mol. The van der Waals surface area contributed by atoms with Gasteiger partial charge in [0, 0.05) is 19.5 Å². The number of nitrogens with zero attached hydrogens (tertiary/aromatic N) is 4. The van der Waals surface area contributed by atoms with Crippen LogP contribution in [-0.4, -0.2) is 25.4 Å². The molecule has 3 aromatic rings. The largest absolute Gasteiger partial charge is 0.293 e. The fourth-order valence-corrected chi connectivity index (χ4v) is 2.13. The van der Waals surface area contributed by atoms with Crippen molar-refractivity contribution in [3.8, 4) is 11.1 Å². The Hall–Kier alpha value is -2.43. The summed E-state index contributed by atoms with van der Waals surface area (Å²) in [5.74, 6) is -0.0191. The Morgan fingerprint density at radius 2 is 1.89 bits per heavy atom. The second-order valence-corrected chi connectivity index (χ2v) is 4.20. The third kappa shape index (κ3) is 1.44. The summed E-state index contributed by atoms with van der Waals surface area (Å²) in [6.45, 7) is 1.54. The van der Waals surface area contributed by atoms with Crippen LogP contribution in [0.1, 0.15) is 17.4 Å². The van der Waals surface area contributed by atoms with E-state index in [9.17, 15) is 4.79 Å².